The second-order valence-corrected chi connectivity index (χ2v) is 28.2. The quantitative estimate of drug-likeness (QED) is 0.135. The van der Waals surface area contributed by atoms with Gasteiger partial charge in [-0.15, -0.1) is 0 Å². The molecule has 0 N–H and O–H groups in total. The summed E-state index contributed by atoms with van der Waals surface area (Å²) in [5.41, 5.74) is 18.1. The standard InChI is InChI=1S/C30H29NO.C19H27NSi.C16H19N.Ir/c1-18(2)21(5)22-11-12-31-28(16-22)27-8-6-7-26-25-10-9-23(17-29(25)32-30(26)27)24-14-19(3)13-20(4)15-24;1-19(2,3)13-16-12-17(15-10-8-7-9-11-15)20-14-18(16)21(4,5)6;1-16(2,3)12-13-9-10-17-15(11-13)14-7-5-4-6-8-14;/h6-18,21H,1-5H3;7-12,14H,13H2,1-6H3;4-11H,12H2,1-3H3;. The summed E-state index contributed by atoms with van der Waals surface area (Å²) in [6.45, 7) is 32.0. The molecule has 1 unspecified atom stereocenters. The molecule has 1 radical (unpaired) electrons. The van der Waals surface area contributed by atoms with Gasteiger partial charge in [0, 0.05) is 66.2 Å². The average molecular weight is 1130 g/mol. The fourth-order valence-electron chi connectivity index (χ4n) is 9.20. The molecule has 9 rings (SSSR count). The molecule has 0 bridgehead atoms. The van der Waals surface area contributed by atoms with Crippen molar-refractivity contribution in [2.45, 2.75) is 115 Å². The number of rotatable bonds is 9. The maximum atomic E-state index is 6.47. The third-order valence-corrected chi connectivity index (χ3v) is 14.9. The second-order valence-electron chi connectivity index (χ2n) is 23.1. The van der Waals surface area contributed by atoms with Crippen LogP contribution in [0.15, 0.2) is 169 Å². The third kappa shape index (κ3) is 14.7. The molecule has 4 aromatic heterocycles. The molecule has 9 aromatic rings. The first-order valence-corrected chi connectivity index (χ1v) is 28.7. The Kier molecular flexibility index (Phi) is 17.8. The number of aryl methyl sites for hydroxylation is 2. The normalized spacial score (nSPS) is 12.2. The van der Waals surface area contributed by atoms with E-state index in [1.807, 2.05) is 30.6 Å². The molecule has 0 aliphatic carbocycles. The van der Waals surface area contributed by atoms with Gasteiger partial charge < -0.3 is 4.42 Å². The van der Waals surface area contributed by atoms with Gasteiger partial charge in [0.05, 0.1) is 25.2 Å². The molecule has 5 aromatic carbocycles. The van der Waals surface area contributed by atoms with Gasteiger partial charge in [-0.3, -0.25) is 15.0 Å². The van der Waals surface area contributed by atoms with Crippen molar-refractivity contribution in [2.24, 2.45) is 16.7 Å². The number of hydrogen-bond acceptors (Lipinski definition) is 4. The maximum Gasteiger partial charge on any atom is 0.144 e. The second kappa shape index (κ2) is 23.2. The zero-order valence-corrected chi connectivity index (χ0v) is 48.1. The number of aromatic nitrogens is 3. The van der Waals surface area contributed by atoms with E-state index in [1.54, 1.807) is 0 Å². The summed E-state index contributed by atoms with van der Waals surface area (Å²) in [5.74, 6) is 1.06. The SMILES string of the molecule is CC(C)(C)Cc1cc(-c2ccccc2)ncc1[Si](C)(C)C.CC(C)(C)Cc1ccnc(-c2ccccc2)c1.Cc1cc(C)cc(-c2ccc3c(c2)oc2c(-c4cc(C(C)C(C)C)ccn4)cccc23)c1.[Ir]. The van der Waals surface area contributed by atoms with E-state index in [-0.39, 0.29) is 20.1 Å². The van der Waals surface area contributed by atoms with Crippen molar-refractivity contribution in [3.05, 3.63) is 192 Å². The molecule has 0 amide bonds. The van der Waals surface area contributed by atoms with Gasteiger partial charge in [0.2, 0.25) is 0 Å². The number of para-hydroxylation sites is 1. The van der Waals surface area contributed by atoms with E-state index in [2.05, 4.69) is 234 Å². The Bertz CT molecular complexity index is 3150. The van der Waals surface area contributed by atoms with Crippen LogP contribution in [0.2, 0.25) is 19.6 Å². The first-order valence-electron chi connectivity index (χ1n) is 25.2. The summed E-state index contributed by atoms with van der Waals surface area (Å²) in [7, 11) is -1.36. The molecule has 4 heterocycles. The number of fused-ring (bicyclic) bond motifs is 3. The van der Waals surface area contributed by atoms with Crippen LogP contribution in [-0.2, 0) is 32.9 Å². The summed E-state index contributed by atoms with van der Waals surface area (Å²) >= 11 is 0. The fraction of sp³-hybridized carbons (Fsp3) is 0.308. The van der Waals surface area contributed by atoms with Crippen molar-refractivity contribution < 1.29 is 24.5 Å². The smallest absolute Gasteiger partial charge is 0.144 e. The van der Waals surface area contributed by atoms with Crippen molar-refractivity contribution in [1.29, 1.82) is 0 Å². The van der Waals surface area contributed by atoms with Gasteiger partial charge in [-0.2, -0.15) is 0 Å². The topological polar surface area (TPSA) is 51.8 Å². The molecule has 6 heteroatoms. The summed E-state index contributed by atoms with van der Waals surface area (Å²) in [4.78, 5) is 13.9. The summed E-state index contributed by atoms with van der Waals surface area (Å²) < 4.78 is 6.47. The first-order chi connectivity index (χ1) is 33.1. The molecule has 369 valence electrons. The molecule has 0 spiro atoms. The van der Waals surface area contributed by atoms with Gasteiger partial charge in [0.15, 0.2) is 0 Å². The Hall–Kier alpha value is -5.78. The van der Waals surface area contributed by atoms with E-state index < -0.39 is 8.07 Å². The minimum Gasteiger partial charge on any atom is -0.455 e. The van der Waals surface area contributed by atoms with Gasteiger partial charge in [0.1, 0.15) is 11.2 Å². The maximum absolute atomic E-state index is 6.47. The van der Waals surface area contributed by atoms with Crippen molar-refractivity contribution in [3.8, 4) is 44.9 Å². The molecule has 1 atom stereocenters. The van der Waals surface area contributed by atoms with Gasteiger partial charge in [-0.1, -0.05) is 190 Å². The minimum atomic E-state index is -1.36. The van der Waals surface area contributed by atoms with Gasteiger partial charge in [-0.25, -0.2) is 0 Å². The summed E-state index contributed by atoms with van der Waals surface area (Å²) in [6, 6.07) is 51.3. The molecular formula is C65H75IrN3OSi. The van der Waals surface area contributed by atoms with Crippen molar-refractivity contribution in [1.82, 2.24) is 15.0 Å². The van der Waals surface area contributed by atoms with E-state index in [1.165, 1.54) is 55.3 Å². The number of pyridine rings is 3. The largest absolute Gasteiger partial charge is 0.455 e. The van der Waals surface area contributed by atoms with Crippen molar-refractivity contribution >= 4 is 35.2 Å². The Balaban J connectivity index is 0.000000184. The predicted octanol–water partition coefficient (Wildman–Crippen LogP) is 17.9. The minimum absolute atomic E-state index is 0. The first kappa shape index (κ1) is 54.5. The molecule has 71 heavy (non-hydrogen) atoms. The average Bonchev–Trinajstić information content (AvgIpc) is 3.69. The Morgan fingerprint density at radius 2 is 1.11 bits per heavy atom. The molecule has 4 nitrogen and oxygen atoms in total. The predicted molar refractivity (Wildman–Crippen MR) is 304 cm³/mol. The zero-order valence-electron chi connectivity index (χ0n) is 44.7. The van der Waals surface area contributed by atoms with E-state index >= 15 is 0 Å². The molecule has 0 saturated heterocycles. The van der Waals surface area contributed by atoms with E-state index in [4.69, 9.17) is 14.4 Å². The van der Waals surface area contributed by atoms with E-state index in [9.17, 15) is 0 Å². The fourth-order valence-corrected chi connectivity index (χ4v) is 10.8. The molecular weight excluding hydrogens is 1060 g/mol. The van der Waals surface area contributed by atoms with Crippen LogP contribution in [0.3, 0.4) is 0 Å². The number of hydrogen-bond donors (Lipinski definition) is 0. The van der Waals surface area contributed by atoms with Crippen molar-refractivity contribution in [2.75, 3.05) is 0 Å². The van der Waals surface area contributed by atoms with Gasteiger partial charge in [-0.05, 0) is 131 Å². The van der Waals surface area contributed by atoms with Gasteiger partial charge in [0.25, 0.3) is 0 Å². The van der Waals surface area contributed by atoms with E-state index in [0.29, 0.717) is 22.7 Å². The molecule has 0 fully saturated rings. The summed E-state index contributed by atoms with van der Waals surface area (Å²) in [5, 5.41) is 3.77. The Labute approximate surface area is 440 Å². The number of furan rings is 1. The molecule has 0 aliphatic heterocycles. The molecule has 0 aliphatic rings. The third-order valence-electron chi connectivity index (χ3n) is 12.9. The van der Waals surface area contributed by atoms with Crippen LogP contribution in [0, 0.1) is 30.6 Å². The Morgan fingerprint density at radius 1 is 0.521 bits per heavy atom. The van der Waals surface area contributed by atoms with Crippen LogP contribution in [-0.4, -0.2) is 23.0 Å². The number of nitrogens with zero attached hydrogens (tertiary/aromatic N) is 3. The van der Waals surface area contributed by atoms with Crippen LogP contribution < -0.4 is 5.19 Å². The monoisotopic (exact) mass is 1130 g/mol. The van der Waals surface area contributed by atoms with Crippen LogP contribution in [0.25, 0.3) is 66.8 Å². The van der Waals surface area contributed by atoms with Gasteiger partial charge >= 0.3 is 0 Å². The Morgan fingerprint density at radius 3 is 1.70 bits per heavy atom. The summed E-state index contributed by atoms with van der Waals surface area (Å²) in [6.07, 6.45) is 8.15. The van der Waals surface area contributed by atoms with Crippen LogP contribution in [0.1, 0.15) is 96.0 Å². The van der Waals surface area contributed by atoms with Crippen LogP contribution in [0.4, 0.5) is 0 Å². The molecule has 0 saturated carbocycles. The van der Waals surface area contributed by atoms with Crippen molar-refractivity contribution in [3.63, 3.8) is 0 Å². The van der Waals surface area contributed by atoms with Crippen LogP contribution in [0.5, 0.6) is 0 Å². The number of benzene rings is 5. The zero-order chi connectivity index (χ0) is 50.4. The van der Waals surface area contributed by atoms with Crippen LogP contribution >= 0.6 is 0 Å². The van der Waals surface area contributed by atoms with E-state index in [0.717, 1.165) is 57.4 Å².